The van der Waals surface area contributed by atoms with Crippen molar-refractivity contribution in [3.8, 4) is 0 Å². The minimum atomic E-state index is -1.43. The molecule has 0 heterocycles. The van der Waals surface area contributed by atoms with Gasteiger partial charge in [0.15, 0.2) is 11.6 Å². The molecule has 0 aromatic heterocycles. The maximum absolute atomic E-state index is 13.3. The molecule has 0 aliphatic heterocycles. The van der Waals surface area contributed by atoms with Gasteiger partial charge in [0, 0.05) is 12.1 Å². The van der Waals surface area contributed by atoms with Gasteiger partial charge >= 0.3 is 11.8 Å². The van der Waals surface area contributed by atoms with Crippen LogP contribution in [0.2, 0.25) is 0 Å². The lowest BCUT2D eigenvalue weighted by atomic mass is 10.2. The number of carbonyl (C=O) groups is 3. The number of hydrogen-bond acceptors (Lipinski definition) is 3. The predicted octanol–water partition coefficient (Wildman–Crippen LogP) is 0.176. The molecule has 1 aromatic carbocycles. The first-order valence-electron chi connectivity index (χ1n) is 5.83. The van der Waals surface area contributed by atoms with Gasteiger partial charge in [-0.15, -0.1) is 0 Å². The third-order valence-corrected chi connectivity index (χ3v) is 3.04. The van der Waals surface area contributed by atoms with Gasteiger partial charge in [0.1, 0.15) is 11.4 Å². The molecule has 1 aliphatic rings. The maximum atomic E-state index is 13.3. The summed E-state index contributed by atoms with van der Waals surface area (Å²) in [6.07, 6.45) is 0.585. The Kier molecular flexibility index (Phi) is 3.58. The second-order valence-electron chi connectivity index (χ2n) is 4.60. The van der Waals surface area contributed by atoms with Crippen molar-refractivity contribution in [3.05, 3.63) is 29.6 Å². The zero-order valence-corrected chi connectivity index (χ0v) is 10.5. The van der Waals surface area contributed by atoms with E-state index in [1.54, 1.807) is 5.32 Å². The van der Waals surface area contributed by atoms with Gasteiger partial charge in [-0.1, -0.05) is 0 Å². The largest absolute Gasteiger partial charge is 0.368 e. The average molecular weight is 301 g/mol. The standard InChI is InChI=1S/C12H10F3N3O3/c13-5-3-7(15)8(4-6(5)14)17-9(19)10(20)18-12(1-2-12)11(16)21/h3-4H,1-2H2,(H2,16,21)(H,17,19)(H,18,20). The highest BCUT2D eigenvalue weighted by Crippen LogP contribution is 2.34. The van der Waals surface area contributed by atoms with Crippen molar-refractivity contribution in [3.63, 3.8) is 0 Å². The van der Waals surface area contributed by atoms with Crippen LogP contribution >= 0.6 is 0 Å². The first-order valence-corrected chi connectivity index (χ1v) is 5.83. The van der Waals surface area contributed by atoms with Gasteiger partial charge in [-0.05, 0) is 12.8 Å². The zero-order chi connectivity index (χ0) is 15.8. The van der Waals surface area contributed by atoms with Crippen molar-refractivity contribution < 1.29 is 27.6 Å². The molecule has 0 unspecified atom stereocenters. The number of rotatable bonds is 3. The number of halogens is 3. The van der Waals surface area contributed by atoms with E-state index >= 15 is 0 Å². The summed E-state index contributed by atoms with van der Waals surface area (Å²) < 4.78 is 39.0. The minimum Gasteiger partial charge on any atom is -0.368 e. The van der Waals surface area contributed by atoms with Gasteiger partial charge in [0.05, 0.1) is 5.69 Å². The Morgan fingerprint density at radius 3 is 2.10 bits per heavy atom. The first kappa shape index (κ1) is 14.8. The molecule has 21 heavy (non-hydrogen) atoms. The normalized spacial score (nSPS) is 15.2. The predicted molar refractivity (Wildman–Crippen MR) is 64.2 cm³/mol. The van der Waals surface area contributed by atoms with Crippen LogP contribution < -0.4 is 16.4 Å². The second-order valence-corrected chi connectivity index (χ2v) is 4.60. The van der Waals surface area contributed by atoms with Crippen LogP contribution in [0, 0.1) is 17.5 Å². The molecule has 0 bridgehead atoms. The number of primary amides is 1. The quantitative estimate of drug-likeness (QED) is 0.548. The van der Waals surface area contributed by atoms with E-state index in [9.17, 15) is 27.6 Å². The van der Waals surface area contributed by atoms with Crippen LogP contribution in [0.3, 0.4) is 0 Å². The lowest BCUT2D eigenvalue weighted by Gasteiger charge is -2.13. The van der Waals surface area contributed by atoms with E-state index in [0.717, 1.165) is 0 Å². The topological polar surface area (TPSA) is 101 Å². The summed E-state index contributed by atoms with van der Waals surface area (Å²) in [5.41, 5.74) is 3.10. The number of carbonyl (C=O) groups excluding carboxylic acids is 3. The van der Waals surface area contributed by atoms with Gasteiger partial charge in [-0.25, -0.2) is 13.2 Å². The second kappa shape index (κ2) is 5.08. The number of amides is 3. The Morgan fingerprint density at radius 1 is 1.00 bits per heavy atom. The SMILES string of the molecule is NC(=O)C1(NC(=O)C(=O)Nc2cc(F)c(F)cc2F)CC1. The third-order valence-electron chi connectivity index (χ3n) is 3.04. The molecule has 1 saturated carbocycles. The monoisotopic (exact) mass is 301 g/mol. The van der Waals surface area contributed by atoms with E-state index < -0.39 is 46.4 Å². The highest BCUT2D eigenvalue weighted by molar-refractivity contribution is 6.40. The van der Waals surface area contributed by atoms with E-state index in [0.29, 0.717) is 18.9 Å². The van der Waals surface area contributed by atoms with Crippen LogP contribution in [-0.2, 0) is 14.4 Å². The molecule has 1 fully saturated rings. The first-order chi connectivity index (χ1) is 9.75. The van der Waals surface area contributed by atoms with Crippen molar-refractivity contribution in [1.29, 1.82) is 0 Å². The van der Waals surface area contributed by atoms with Crippen LogP contribution in [0.25, 0.3) is 0 Å². The Labute approximate surface area is 116 Å². The van der Waals surface area contributed by atoms with Crippen LogP contribution in [0.5, 0.6) is 0 Å². The number of benzene rings is 1. The summed E-state index contributed by atoms with van der Waals surface area (Å²) in [6.45, 7) is 0. The molecule has 112 valence electrons. The molecule has 0 radical (unpaired) electrons. The summed E-state index contributed by atoms with van der Waals surface area (Å²) in [5, 5.41) is 3.90. The molecule has 9 heteroatoms. The number of nitrogens with one attached hydrogen (secondary N) is 2. The van der Waals surface area contributed by atoms with E-state index in [2.05, 4.69) is 5.32 Å². The van der Waals surface area contributed by atoms with Crippen LogP contribution in [0.1, 0.15) is 12.8 Å². The third kappa shape index (κ3) is 2.96. The number of hydrogen-bond donors (Lipinski definition) is 3. The fourth-order valence-corrected chi connectivity index (χ4v) is 1.63. The Bertz CT molecular complexity index is 644. The molecule has 1 aliphatic carbocycles. The Morgan fingerprint density at radius 2 is 1.57 bits per heavy atom. The molecule has 4 N–H and O–H groups in total. The molecule has 0 spiro atoms. The fraction of sp³-hybridized carbons (Fsp3) is 0.250. The molecule has 6 nitrogen and oxygen atoms in total. The Hall–Kier alpha value is -2.58. The van der Waals surface area contributed by atoms with Crippen molar-refractivity contribution in [2.24, 2.45) is 5.73 Å². The molecule has 2 rings (SSSR count). The lowest BCUT2D eigenvalue weighted by molar-refractivity contribution is -0.138. The lowest BCUT2D eigenvalue weighted by Crippen LogP contribution is -2.50. The van der Waals surface area contributed by atoms with E-state index in [4.69, 9.17) is 5.73 Å². The maximum Gasteiger partial charge on any atom is 0.313 e. The van der Waals surface area contributed by atoms with Crippen LogP contribution in [0.15, 0.2) is 12.1 Å². The molecular formula is C12H10F3N3O3. The van der Waals surface area contributed by atoms with Gasteiger partial charge < -0.3 is 16.4 Å². The molecular weight excluding hydrogens is 291 g/mol. The summed E-state index contributed by atoms with van der Waals surface area (Å²) in [4.78, 5) is 34.1. The van der Waals surface area contributed by atoms with Gasteiger partial charge in [0.2, 0.25) is 5.91 Å². The number of nitrogens with two attached hydrogens (primary N) is 1. The molecule has 0 atom stereocenters. The van der Waals surface area contributed by atoms with E-state index in [1.165, 1.54) is 0 Å². The van der Waals surface area contributed by atoms with Gasteiger partial charge in [-0.2, -0.15) is 0 Å². The summed E-state index contributed by atoms with van der Waals surface area (Å²) in [6, 6.07) is 0.630. The van der Waals surface area contributed by atoms with Crippen molar-refractivity contribution in [1.82, 2.24) is 5.32 Å². The van der Waals surface area contributed by atoms with Gasteiger partial charge in [0.25, 0.3) is 0 Å². The minimum absolute atomic E-state index is 0.231. The molecule has 0 saturated heterocycles. The Balaban J connectivity index is 2.06. The summed E-state index contributed by atoms with van der Waals surface area (Å²) in [7, 11) is 0. The van der Waals surface area contributed by atoms with Crippen LogP contribution in [-0.4, -0.2) is 23.3 Å². The average Bonchev–Trinajstić information content (AvgIpc) is 3.16. The van der Waals surface area contributed by atoms with Crippen LogP contribution in [0.4, 0.5) is 18.9 Å². The fourth-order valence-electron chi connectivity index (χ4n) is 1.63. The summed E-state index contributed by atoms with van der Waals surface area (Å²) >= 11 is 0. The zero-order valence-electron chi connectivity index (χ0n) is 10.5. The molecule has 3 amide bonds. The van der Waals surface area contributed by atoms with Crippen molar-refractivity contribution >= 4 is 23.4 Å². The highest BCUT2D eigenvalue weighted by atomic mass is 19.2. The van der Waals surface area contributed by atoms with Gasteiger partial charge in [-0.3, -0.25) is 14.4 Å². The smallest absolute Gasteiger partial charge is 0.313 e. The van der Waals surface area contributed by atoms with E-state index in [-0.39, 0.29) is 6.07 Å². The van der Waals surface area contributed by atoms with E-state index in [1.807, 2.05) is 0 Å². The molecule has 1 aromatic rings. The van der Waals surface area contributed by atoms with Crippen molar-refractivity contribution in [2.75, 3.05) is 5.32 Å². The summed E-state index contributed by atoms with van der Waals surface area (Å²) in [5.74, 6) is -7.40. The van der Waals surface area contributed by atoms with Crippen molar-refractivity contribution in [2.45, 2.75) is 18.4 Å². The number of anilines is 1. The highest BCUT2D eigenvalue weighted by Gasteiger charge is 2.50.